The second kappa shape index (κ2) is 8.92. The van der Waals surface area contributed by atoms with Crippen molar-refractivity contribution in [2.75, 3.05) is 26.8 Å². The third-order valence-electron chi connectivity index (χ3n) is 4.58. The number of ether oxygens (including phenoxy) is 2. The number of hydrogen-bond acceptors (Lipinski definition) is 4. The summed E-state index contributed by atoms with van der Waals surface area (Å²) in [5.74, 6) is 1.11. The van der Waals surface area contributed by atoms with Gasteiger partial charge in [-0.1, -0.05) is 13.8 Å². The number of rotatable bonds is 9. The molecule has 24 heavy (non-hydrogen) atoms. The molecule has 1 aliphatic heterocycles. The van der Waals surface area contributed by atoms with Gasteiger partial charge in [-0.2, -0.15) is 0 Å². The van der Waals surface area contributed by atoms with Crippen LogP contribution in [0.4, 0.5) is 0 Å². The largest absolute Gasteiger partial charge is 0.497 e. The molecular formula is C19H29NO4. The highest BCUT2D eigenvalue weighted by Gasteiger charge is 2.30. The van der Waals surface area contributed by atoms with Gasteiger partial charge >= 0.3 is 5.97 Å². The van der Waals surface area contributed by atoms with Crippen molar-refractivity contribution in [1.82, 2.24) is 5.32 Å². The van der Waals surface area contributed by atoms with Crippen LogP contribution in [0.3, 0.4) is 0 Å². The van der Waals surface area contributed by atoms with Crippen molar-refractivity contribution >= 4 is 5.97 Å². The number of carbonyl (C=O) groups is 1. The predicted molar refractivity (Wildman–Crippen MR) is 93.8 cm³/mol. The van der Waals surface area contributed by atoms with Crippen LogP contribution in [-0.2, 0) is 11.2 Å². The van der Waals surface area contributed by atoms with Crippen molar-refractivity contribution in [3.63, 3.8) is 0 Å². The lowest BCUT2D eigenvalue weighted by atomic mass is 9.86. The summed E-state index contributed by atoms with van der Waals surface area (Å²) >= 11 is 0. The smallest absolute Gasteiger partial charge is 0.307 e. The van der Waals surface area contributed by atoms with Crippen molar-refractivity contribution in [3.8, 4) is 11.5 Å². The maximum atomic E-state index is 11.7. The van der Waals surface area contributed by atoms with E-state index >= 15 is 0 Å². The zero-order chi connectivity index (χ0) is 17.5. The predicted octanol–water partition coefficient (Wildman–Crippen LogP) is 2.97. The molecule has 1 aliphatic rings. The Bertz CT molecular complexity index is 538. The molecule has 0 aliphatic carbocycles. The van der Waals surface area contributed by atoms with Crippen LogP contribution in [-0.4, -0.2) is 37.9 Å². The van der Waals surface area contributed by atoms with E-state index in [0.717, 1.165) is 37.2 Å². The van der Waals surface area contributed by atoms with Crippen LogP contribution in [0.15, 0.2) is 18.2 Å². The Kier molecular flexibility index (Phi) is 6.91. The Morgan fingerprint density at radius 1 is 1.33 bits per heavy atom. The van der Waals surface area contributed by atoms with Gasteiger partial charge in [-0.15, -0.1) is 0 Å². The fourth-order valence-electron chi connectivity index (χ4n) is 3.09. The molecule has 2 N–H and O–H groups in total. The molecule has 1 saturated heterocycles. The molecule has 2 rings (SSSR count). The molecule has 2 unspecified atom stereocenters. The molecule has 1 aromatic carbocycles. The number of carboxylic acid groups (broad SMARTS) is 1. The van der Waals surface area contributed by atoms with E-state index in [4.69, 9.17) is 9.47 Å². The van der Waals surface area contributed by atoms with E-state index in [-0.39, 0.29) is 11.8 Å². The molecule has 0 amide bonds. The Balaban J connectivity index is 2.10. The van der Waals surface area contributed by atoms with Gasteiger partial charge in [0.25, 0.3) is 0 Å². The maximum absolute atomic E-state index is 11.7. The van der Waals surface area contributed by atoms with Crippen LogP contribution < -0.4 is 14.8 Å². The van der Waals surface area contributed by atoms with Gasteiger partial charge in [-0.05, 0) is 61.9 Å². The molecule has 2 atom stereocenters. The molecule has 0 bridgehead atoms. The van der Waals surface area contributed by atoms with Gasteiger partial charge < -0.3 is 19.9 Å². The van der Waals surface area contributed by atoms with Crippen LogP contribution in [0, 0.1) is 17.8 Å². The molecule has 5 heteroatoms. The quantitative estimate of drug-likeness (QED) is 0.726. The minimum atomic E-state index is -0.728. The van der Waals surface area contributed by atoms with E-state index in [9.17, 15) is 9.90 Å². The highest BCUT2D eigenvalue weighted by atomic mass is 16.5. The molecule has 134 valence electrons. The standard InChI is InChI=1S/C19H29NO4/c1-13(2)5-7-24-17-9-14(8-16(11-17)23-3)10-18(19(21)22)15-4-6-20-12-15/h8-9,11,13,15,18,20H,4-7,10,12H2,1-3H3,(H,21,22). The van der Waals surface area contributed by atoms with Gasteiger partial charge in [0, 0.05) is 6.07 Å². The molecule has 0 radical (unpaired) electrons. The first-order chi connectivity index (χ1) is 11.5. The van der Waals surface area contributed by atoms with Crippen LogP contribution in [0.1, 0.15) is 32.3 Å². The van der Waals surface area contributed by atoms with Crippen molar-refractivity contribution in [2.45, 2.75) is 33.1 Å². The summed E-state index contributed by atoms with van der Waals surface area (Å²) in [5, 5.41) is 12.9. The molecule has 0 aromatic heterocycles. The zero-order valence-electron chi connectivity index (χ0n) is 14.9. The van der Waals surface area contributed by atoms with E-state index in [1.165, 1.54) is 0 Å². The van der Waals surface area contributed by atoms with Crippen LogP contribution >= 0.6 is 0 Å². The van der Waals surface area contributed by atoms with Crippen LogP contribution in [0.5, 0.6) is 11.5 Å². The molecule has 5 nitrogen and oxygen atoms in total. The van der Waals surface area contributed by atoms with Gasteiger partial charge in [-0.25, -0.2) is 0 Å². The number of benzene rings is 1. The highest BCUT2D eigenvalue weighted by Crippen LogP contribution is 2.28. The number of methoxy groups -OCH3 is 1. The van der Waals surface area contributed by atoms with Crippen LogP contribution in [0.2, 0.25) is 0 Å². The molecular weight excluding hydrogens is 306 g/mol. The normalized spacial score (nSPS) is 18.6. The first-order valence-electron chi connectivity index (χ1n) is 8.74. The number of hydrogen-bond donors (Lipinski definition) is 2. The van der Waals surface area contributed by atoms with Gasteiger partial charge in [0.05, 0.1) is 19.6 Å². The van der Waals surface area contributed by atoms with E-state index in [1.807, 2.05) is 18.2 Å². The maximum Gasteiger partial charge on any atom is 0.307 e. The van der Waals surface area contributed by atoms with E-state index < -0.39 is 5.97 Å². The van der Waals surface area contributed by atoms with Crippen molar-refractivity contribution in [2.24, 2.45) is 17.8 Å². The average molecular weight is 335 g/mol. The number of aliphatic carboxylic acids is 1. The number of nitrogens with one attached hydrogen (secondary N) is 1. The Labute approximate surface area is 144 Å². The average Bonchev–Trinajstić information content (AvgIpc) is 3.05. The lowest BCUT2D eigenvalue weighted by Gasteiger charge is -2.19. The molecule has 1 fully saturated rings. The molecule has 0 saturated carbocycles. The summed E-state index contributed by atoms with van der Waals surface area (Å²) in [6.45, 7) is 6.65. The van der Waals surface area contributed by atoms with Crippen molar-refractivity contribution < 1.29 is 19.4 Å². The third kappa shape index (κ3) is 5.41. The van der Waals surface area contributed by atoms with Crippen molar-refractivity contribution in [3.05, 3.63) is 23.8 Å². The van der Waals surface area contributed by atoms with Gasteiger partial charge in [0.2, 0.25) is 0 Å². The monoisotopic (exact) mass is 335 g/mol. The lowest BCUT2D eigenvalue weighted by molar-refractivity contribution is -0.143. The summed E-state index contributed by atoms with van der Waals surface area (Å²) in [7, 11) is 1.62. The molecule has 0 spiro atoms. The van der Waals surface area contributed by atoms with Gasteiger partial charge in [0.1, 0.15) is 11.5 Å². The minimum absolute atomic E-state index is 0.180. The Morgan fingerprint density at radius 2 is 2.08 bits per heavy atom. The SMILES string of the molecule is COc1cc(CC(C(=O)O)C2CCNC2)cc(OCCC(C)C)c1. The fourth-order valence-corrected chi connectivity index (χ4v) is 3.09. The summed E-state index contributed by atoms with van der Waals surface area (Å²) in [4.78, 5) is 11.7. The second-order valence-corrected chi connectivity index (χ2v) is 6.95. The highest BCUT2D eigenvalue weighted by molar-refractivity contribution is 5.71. The number of carboxylic acids is 1. The molecule has 1 heterocycles. The van der Waals surface area contributed by atoms with Gasteiger partial charge in [-0.3, -0.25) is 4.79 Å². The minimum Gasteiger partial charge on any atom is -0.497 e. The van der Waals surface area contributed by atoms with E-state index in [0.29, 0.717) is 24.7 Å². The molecule has 1 aromatic rings. The second-order valence-electron chi connectivity index (χ2n) is 6.95. The van der Waals surface area contributed by atoms with Crippen molar-refractivity contribution in [1.29, 1.82) is 0 Å². The topological polar surface area (TPSA) is 67.8 Å². The zero-order valence-corrected chi connectivity index (χ0v) is 14.9. The van der Waals surface area contributed by atoms with E-state index in [1.54, 1.807) is 7.11 Å². The summed E-state index contributed by atoms with van der Waals surface area (Å²) in [6, 6.07) is 5.71. The lowest BCUT2D eigenvalue weighted by Crippen LogP contribution is -2.27. The third-order valence-corrected chi connectivity index (χ3v) is 4.58. The first-order valence-corrected chi connectivity index (χ1v) is 8.74. The van der Waals surface area contributed by atoms with E-state index in [2.05, 4.69) is 19.2 Å². The Morgan fingerprint density at radius 3 is 2.67 bits per heavy atom. The summed E-state index contributed by atoms with van der Waals surface area (Å²) in [5.41, 5.74) is 0.952. The Hall–Kier alpha value is -1.75. The van der Waals surface area contributed by atoms with Crippen LogP contribution in [0.25, 0.3) is 0 Å². The first kappa shape index (κ1) is 18.6. The fraction of sp³-hybridized carbons (Fsp3) is 0.632. The summed E-state index contributed by atoms with van der Waals surface area (Å²) < 4.78 is 11.2. The summed E-state index contributed by atoms with van der Waals surface area (Å²) in [6.07, 6.45) is 2.40. The van der Waals surface area contributed by atoms with Gasteiger partial charge in [0.15, 0.2) is 0 Å².